The summed E-state index contributed by atoms with van der Waals surface area (Å²) < 4.78 is 0. The Morgan fingerprint density at radius 3 is 2.47 bits per heavy atom. The van der Waals surface area contributed by atoms with E-state index in [4.69, 9.17) is 0 Å². The minimum atomic E-state index is 0. The maximum Gasteiger partial charge on any atom is 0.234 e. The monoisotopic (exact) mass is 557 g/mol. The molecule has 1 aromatic rings. The summed E-state index contributed by atoms with van der Waals surface area (Å²) in [6, 6.07) is 11.1. The minimum absolute atomic E-state index is 0. The average Bonchev–Trinajstić information content (AvgIpc) is 2.77. The molecule has 7 heteroatoms. The van der Waals surface area contributed by atoms with Gasteiger partial charge in [-0.25, -0.2) is 0 Å². The summed E-state index contributed by atoms with van der Waals surface area (Å²) in [5, 5.41) is 10.1. The summed E-state index contributed by atoms with van der Waals surface area (Å²) in [6.45, 7) is 10.8. The van der Waals surface area contributed by atoms with Crippen LogP contribution >= 0.6 is 24.0 Å². The average molecular weight is 558 g/mol. The van der Waals surface area contributed by atoms with Gasteiger partial charge in [0, 0.05) is 39.3 Å². The number of carbonyl (C=O) groups is 1. The number of piperidine rings is 1. The Kier molecular flexibility index (Phi) is 13.9. The Labute approximate surface area is 212 Å². The lowest BCUT2D eigenvalue weighted by molar-refractivity contribution is -0.122. The third-order valence-electron chi connectivity index (χ3n) is 5.99. The van der Waals surface area contributed by atoms with Gasteiger partial charge in [0.2, 0.25) is 5.91 Å². The van der Waals surface area contributed by atoms with Crippen LogP contribution < -0.4 is 16.0 Å². The quantitative estimate of drug-likeness (QED) is 0.220. The number of nitrogens with one attached hydrogen (secondary N) is 3. The van der Waals surface area contributed by atoms with Gasteiger partial charge in [-0.3, -0.25) is 14.7 Å². The molecular weight excluding hydrogens is 513 g/mol. The predicted octanol–water partition coefficient (Wildman–Crippen LogP) is 3.81. The van der Waals surface area contributed by atoms with E-state index >= 15 is 0 Å². The van der Waals surface area contributed by atoms with Crippen LogP contribution in [0.15, 0.2) is 35.3 Å². The van der Waals surface area contributed by atoms with Crippen molar-refractivity contribution in [2.24, 2.45) is 10.4 Å². The molecule has 0 aromatic heterocycles. The third-order valence-corrected chi connectivity index (χ3v) is 5.99. The van der Waals surface area contributed by atoms with Crippen molar-refractivity contribution in [3.05, 3.63) is 35.9 Å². The number of nitrogens with zero attached hydrogens (tertiary/aromatic N) is 2. The molecule has 1 amide bonds. The van der Waals surface area contributed by atoms with Crippen LogP contribution in [0.1, 0.15) is 58.4 Å². The highest BCUT2D eigenvalue weighted by molar-refractivity contribution is 14.0. The van der Waals surface area contributed by atoms with Crippen molar-refractivity contribution in [3.8, 4) is 0 Å². The van der Waals surface area contributed by atoms with Gasteiger partial charge in [0.15, 0.2) is 5.96 Å². The number of aliphatic imine (C=N–C) groups is 1. The van der Waals surface area contributed by atoms with Gasteiger partial charge in [-0.2, -0.15) is 0 Å². The second-order valence-corrected chi connectivity index (χ2v) is 9.47. The number of hydrogen-bond donors (Lipinski definition) is 3. The highest BCUT2D eigenvalue weighted by Gasteiger charge is 2.23. The van der Waals surface area contributed by atoms with E-state index in [1.165, 1.54) is 18.4 Å². The predicted molar refractivity (Wildman–Crippen MR) is 146 cm³/mol. The van der Waals surface area contributed by atoms with E-state index in [0.717, 1.165) is 57.8 Å². The van der Waals surface area contributed by atoms with E-state index in [1.807, 2.05) is 7.05 Å². The van der Waals surface area contributed by atoms with Crippen molar-refractivity contribution < 1.29 is 4.79 Å². The lowest BCUT2D eigenvalue weighted by Gasteiger charge is -2.33. The number of rotatable bonds is 11. The van der Waals surface area contributed by atoms with Crippen molar-refractivity contribution in [1.29, 1.82) is 0 Å². The van der Waals surface area contributed by atoms with Crippen molar-refractivity contribution in [3.63, 3.8) is 0 Å². The second kappa shape index (κ2) is 15.5. The zero-order valence-corrected chi connectivity index (χ0v) is 22.8. The molecule has 1 heterocycles. The molecule has 3 N–H and O–H groups in total. The topological polar surface area (TPSA) is 68.8 Å². The van der Waals surface area contributed by atoms with Gasteiger partial charge in [-0.1, -0.05) is 51.1 Å². The first kappa shape index (κ1) is 28.7. The standard InChI is InChI=1S/C25H43N5O.HI/c1-5-16-27-23(31)19-30-17-13-22(14-18-30)29-24(26-4)28-20-25(2,3)15-9-12-21-10-7-6-8-11-21;/h6-8,10-11,22H,5,9,12-20H2,1-4H3,(H,27,31)(H2,26,28,29);1H. The Morgan fingerprint density at radius 1 is 1.16 bits per heavy atom. The molecule has 1 aromatic carbocycles. The molecule has 0 atom stereocenters. The molecule has 2 rings (SSSR count). The summed E-state index contributed by atoms with van der Waals surface area (Å²) in [4.78, 5) is 18.6. The van der Waals surface area contributed by atoms with Crippen molar-refractivity contribution in [2.45, 2.75) is 65.3 Å². The van der Waals surface area contributed by atoms with Gasteiger partial charge in [-0.15, -0.1) is 24.0 Å². The van der Waals surface area contributed by atoms with Gasteiger partial charge in [0.05, 0.1) is 6.54 Å². The van der Waals surface area contributed by atoms with Crippen LogP contribution in [0, 0.1) is 5.41 Å². The van der Waals surface area contributed by atoms with Gasteiger partial charge < -0.3 is 16.0 Å². The molecule has 1 aliphatic heterocycles. The fourth-order valence-corrected chi connectivity index (χ4v) is 3.97. The molecular formula is C25H44IN5O. The minimum Gasteiger partial charge on any atom is -0.356 e. The van der Waals surface area contributed by atoms with Crippen LogP contribution in [0.2, 0.25) is 0 Å². The first-order chi connectivity index (χ1) is 14.9. The number of benzene rings is 1. The second-order valence-electron chi connectivity index (χ2n) is 9.47. The molecule has 32 heavy (non-hydrogen) atoms. The van der Waals surface area contributed by atoms with Crippen molar-refractivity contribution in [1.82, 2.24) is 20.9 Å². The Hall–Kier alpha value is -1.35. The fraction of sp³-hybridized carbons (Fsp3) is 0.680. The van der Waals surface area contributed by atoms with Crippen LogP contribution in [-0.4, -0.2) is 62.6 Å². The number of likely N-dealkylation sites (tertiary alicyclic amines) is 1. The van der Waals surface area contributed by atoms with E-state index < -0.39 is 0 Å². The number of amides is 1. The van der Waals surface area contributed by atoms with Gasteiger partial charge >= 0.3 is 0 Å². The molecule has 0 saturated carbocycles. The molecule has 0 bridgehead atoms. The molecule has 182 valence electrons. The number of halogens is 1. The van der Waals surface area contributed by atoms with Gasteiger partial charge in [-0.05, 0) is 49.5 Å². The summed E-state index contributed by atoms with van der Waals surface area (Å²) in [6.07, 6.45) is 6.53. The first-order valence-electron chi connectivity index (χ1n) is 11.9. The molecule has 1 saturated heterocycles. The summed E-state index contributed by atoms with van der Waals surface area (Å²) in [5.74, 6) is 1.02. The van der Waals surface area contributed by atoms with Crippen LogP contribution in [0.4, 0.5) is 0 Å². The Bertz CT molecular complexity index is 672. The highest BCUT2D eigenvalue weighted by Crippen LogP contribution is 2.22. The normalized spacial score (nSPS) is 15.7. The van der Waals surface area contributed by atoms with E-state index in [2.05, 4.69) is 76.9 Å². The Morgan fingerprint density at radius 2 is 1.84 bits per heavy atom. The van der Waals surface area contributed by atoms with Gasteiger partial charge in [0.25, 0.3) is 0 Å². The number of hydrogen-bond acceptors (Lipinski definition) is 3. The zero-order valence-electron chi connectivity index (χ0n) is 20.5. The van der Waals surface area contributed by atoms with Crippen LogP contribution in [0.5, 0.6) is 0 Å². The summed E-state index contributed by atoms with van der Waals surface area (Å²) in [5.41, 5.74) is 1.62. The smallest absolute Gasteiger partial charge is 0.234 e. The Balaban J connectivity index is 0.00000512. The molecule has 0 aliphatic carbocycles. The van der Waals surface area contributed by atoms with Crippen molar-refractivity contribution >= 4 is 35.8 Å². The van der Waals surface area contributed by atoms with E-state index in [-0.39, 0.29) is 35.3 Å². The molecule has 0 unspecified atom stereocenters. The maximum atomic E-state index is 11.9. The lowest BCUT2D eigenvalue weighted by atomic mass is 9.86. The number of carbonyl (C=O) groups excluding carboxylic acids is 1. The first-order valence-corrected chi connectivity index (χ1v) is 11.9. The van der Waals surface area contributed by atoms with E-state index in [0.29, 0.717) is 12.6 Å². The molecule has 1 aliphatic rings. The SMILES string of the molecule is CCCNC(=O)CN1CCC(NC(=NC)NCC(C)(C)CCCc2ccccc2)CC1.I. The summed E-state index contributed by atoms with van der Waals surface area (Å²) in [7, 11) is 1.84. The van der Waals surface area contributed by atoms with E-state index in [1.54, 1.807) is 0 Å². The van der Waals surface area contributed by atoms with Crippen molar-refractivity contribution in [2.75, 3.05) is 39.8 Å². The van der Waals surface area contributed by atoms with E-state index in [9.17, 15) is 4.79 Å². The highest BCUT2D eigenvalue weighted by atomic mass is 127. The lowest BCUT2D eigenvalue weighted by Crippen LogP contribution is -2.51. The maximum absolute atomic E-state index is 11.9. The number of guanidine groups is 1. The molecule has 1 fully saturated rings. The summed E-state index contributed by atoms with van der Waals surface area (Å²) >= 11 is 0. The molecule has 0 spiro atoms. The van der Waals surface area contributed by atoms with Crippen LogP contribution in [0.3, 0.4) is 0 Å². The molecule has 0 radical (unpaired) electrons. The van der Waals surface area contributed by atoms with Crippen LogP contribution in [-0.2, 0) is 11.2 Å². The van der Waals surface area contributed by atoms with Gasteiger partial charge in [0.1, 0.15) is 0 Å². The zero-order chi connectivity index (χ0) is 22.5. The molecule has 6 nitrogen and oxygen atoms in total. The third kappa shape index (κ3) is 11.5. The van der Waals surface area contributed by atoms with Crippen LogP contribution in [0.25, 0.3) is 0 Å². The largest absolute Gasteiger partial charge is 0.356 e. The fourth-order valence-electron chi connectivity index (χ4n) is 3.97. The number of aryl methyl sites for hydroxylation is 1.